The van der Waals surface area contributed by atoms with Crippen molar-refractivity contribution in [1.82, 2.24) is 0 Å². The van der Waals surface area contributed by atoms with Crippen LogP contribution in [0.2, 0.25) is 0 Å². The number of ether oxygens (including phenoxy) is 1. The van der Waals surface area contributed by atoms with Gasteiger partial charge in [-0.05, 0) is 62.5 Å². The largest absolute Gasteiger partial charge is 0.450 e. The molecule has 9 atom stereocenters. The molecule has 0 heterocycles. The van der Waals surface area contributed by atoms with Crippen LogP contribution in [0.25, 0.3) is 0 Å². The minimum Gasteiger partial charge on any atom is -0.450 e. The Morgan fingerprint density at radius 2 is 1.88 bits per heavy atom. The van der Waals surface area contributed by atoms with Crippen molar-refractivity contribution in [3.8, 4) is 0 Å². The molecule has 0 aromatic heterocycles. The first-order chi connectivity index (χ1) is 15.3. The lowest BCUT2D eigenvalue weighted by Gasteiger charge is -2.65. The summed E-state index contributed by atoms with van der Waals surface area (Å²) in [4.78, 5) is 37.2. The number of hydrogen-bond acceptors (Lipinski definition) is 5. The van der Waals surface area contributed by atoms with Gasteiger partial charge in [0.15, 0.2) is 17.2 Å². The molecular formula is C27H37ClO5. The molecule has 0 saturated heterocycles. The fourth-order valence-electron chi connectivity index (χ4n) is 8.39. The number of rotatable bonds is 4. The van der Waals surface area contributed by atoms with Crippen LogP contribution >= 0.6 is 11.6 Å². The number of aliphatic hydroxyl groups is 1. The van der Waals surface area contributed by atoms with Crippen molar-refractivity contribution in [2.75, 3.05) is 0 Å². The van der Waals surface area contributed by atoms with Crippen LogP contribution in [0.1, 0.15) is 73.6 Å². The van der Waals surface area contributed by atoms with E-state index in [0.29, 0.717) is 19.3 Å². The zero-order valence-corrected chi connectivity index (χ0v) is 21.4. The van der Waals surface area contributed by atoms with Crippen molar-refractivity contribution in [3.63, 3.8) is 0 Å². The molecule has 0 spiro atoms. The molecule has 0 amide bonds. The summed E-state index contributed by atoms with van der Waals surface area (Å²) in [6.45, 7) is 11.6. The second-order valence-corrected chi connectivity index (χ2v) is 12.1. The Morgan fingerprint density at radius 1 is 1.21 bits per heavy atom. The number of aliphatic hydroxyl groups excluding tert-OH is 1. The number of alkyl halides is 1. The second kappa shape index (κ2) is 7.78. The quantitative estimate of drug-likeness (QED) is 0.466. The molecule has 0 aromatic carbocycles. The fourth-order valence-corrected chi connectivity index (χ4v) is 8.88. The Kier molecular flexibility index (Phi) is 5.81. The molecule has 0 aliphatic heterocycles. The first-order valence-electron chi connectivity index (χ1n) is 12.3. The summed E-state index contributed by atoms with van der Waals surface area (Å²) in [5.74, 6) is -0.730. The van der Waals surface area contributed by atoms with Crippen LogP contribution in [0.15, 0.2) is 23.8 Å². The number of carbonyl (C=O) groups is 3. The highest BCUT2D eigenvalue weighted by Crippen LogP contribution is 2.72. The number of fused-ring (bicyclic) bond motifs is 5. The van der Waals surface area contributed by atoms with Crippen molar-refractivity contribution < 1.29 is 24.2 Å². The van der Waals surface area contributed by atoms with Crippen molar-refractivity contribution >= 4 is 29.1 Å². The molecule has 4 rings (SSSR count). The van der Waals surface area contributed by atoms with Gasteiger partial charge in [0.2, 0.25) is 0 Å². The lowest BCUT2D eigenvalue weighted by molar-refractivity contribution is -0.201. The average Bonchev–Trinajstić information content (AvgIpc) is 2.94. The van der Waals surface area contributed by atoms with E-state index in [0.717, 1.165) is 5.57 Å². The zero-order chi connectivity index (χ0) is 24.6. The molecule has 0 radical (unpaired) electrons. The minimum absolute atomic E-state index is 0.00132. The van der Waals surface area contributed by atoms with Crippen molar-refractivity contribution in [3.05, 3.63) is 23.8 Å². The summed E-state index contributed by atoms with van der Waals surface area (Å²) >= 11 is 7.51. The smallest absolute Gasteiger partial charge is 0.306 e. The van der Waals surface area contributed by atoms with Crippen molar-refractivity contribution in [2.45, 2.75) is 90.2 Å². The molecule has 5 nitrogen and oxygen atoms in total. The minimum atomic E-state index is -1.28. The first kappa shape index (κ1) is 24.7. The van der Waals surface area contributed by atoms with Crippen LogP contribution in [0.5, 0.6) is 0 Å². The normalized spacial score (nSPS) is 48.4. The van der Waals surface area contributed by atoms with Crippen LogP contribution in [-0.4, -0.2) is 39.2 Å². The summed E-state index contributed by atoms with van der Waals surface area (Å²) in [6.07, 6.45) is 6.78. The summed E-state index contributed by atoms with van der Waals surface area (Å²) in [5.41, 5.74) is -1.70. The van der Waals surface area contributed by atoms with Gasteiger partial charge in [0.1, 0.15) is 0 Å². The Balaban J connectivity index is 1.85. The summed E-state index contributed by atoms with van der Waals surface area (Å²) in [6, 6.07) is 0. The molecule has 4 aliphatic carbocycles. The predicted molar refractivity (Wildman–Crippen MR) is 127 cm³/mol. The number of esters is 1. The van der Waals surface area contributed by atoms with Gasteiger partial charge < -0.3 is 9.84 Å². The number of ketones is 2. The van der Waals surface area contributed by atoms with Crippen LogP contribution in [0.3, 0.4) is 0 Å². The van der Waals surface area contributed by atoms with Crippen molar-refractivity contribution in [1.29, 1.82) is 0 Å². The number of Topliss-reactive ketones (excluding diaryl/α,β-unsaturated/α-hetero) is 1. The van der Waals surface area contributed by atoms with Gasteiger partial charge >= 0.3 is 5.97 Å². The highest BCUT2D eigenvalue weighted by Gasteiger charge is 2.76. The van der Waals surface area contributed by atoms with E-state index in [1.165, 1.54) is 6.92 Å². The number of hydrogen-bond donors (Lipinski definition) is 1. The van der Waals surface area contributed by atoms with Gasteiger partial charge in [0, 0.05) is 23.2 Å². The molecule has 33 heavy (non-hydrogen) atoms. The average molecular weight is 477 g/mol. The predicted octanol–water partition coefficient (Wildman–Crippen LogP) is 4.79. The standard InChI is InChI=1S/C27H37ClO5/c1-7-8-23(32)33-27(17(4)29)16(3)12-20-21-11-15(2)19-13-18(30)9-10-24(19,5)26(21,28)22(31)14-25(20,27)6/h9-10,13,15-16,20-22,31H,7-8,11-12,14H2,1-6H3/t15?,16?,20-,21-,22?,24-,25-,26-,27-/m0/s1. The van der Waals surface area contributed by atoms with E-state index in [1.54, 1.807) is 12.2 Å². The summed E-state index contributed by atoms with van der Waals surface area (Å²) in [5, 5.41) is 11.7. The number of allylic oxidation sites excluding steroid dienone is 4. The maximum atomic E-state index is 13.3. The van der Waals surface area contributed by atoms with Crippen LogP contribution in [0, 0.1) is 34.5 Å². The molecule has 3 saturated carbocycles. The van der Waals surface area contributed by atoms with Gasteiger partial charge in [-0.3, -0.25) is 14.4 Å². The zero-order valence-electron chi connectivity index (χ0n) is 20.6. The van der Waals surface area contributed by atoms with Gasteiger partial charge in [-0.25, -0.2) is 0 Å². The van der Waals surface area contributed by atoms with E-state index in [9.17, 15) is 19.5 Å². The molecule has 0 aromatic rings. The maximum absolute atomic E-state index is 13.3. The highest BCUT2D eigenvalue weighted by atomic mass is 35.5. The molecule has 1 N–H and O–H groups in total. The Morgan fingerprint density at radius 3 is 2.48 bits per heavy atom. The molecule has 3 fully saturated rings. The molecule has 0 bridgehead atoms. The van der Waals surface area contributed by atoms with Gasteiger partial charge in [0.05, 0.1) is 11.0 Å². The van der Waals surface area contributed by atoms with Crippen LogP contribution < -0.4 is 0 Å². The monoisotopic (exact) mass is 476 g/mol. The molecule has 182 valence electrons. The topological polar surface area (TPSA) is 80.7 Å². The second-order valence-electron chi connectivity index (χ2n) is 11.4. The van der Waals surface area contributed by atoms with Gasteiger partial charge in [-0.1, -0.05) is 46.3 Å². The Hall–Kier alpha value is -1.46. The van der Waals surface area contributed by atoms with E-state index in [-0.39, 0.29) is 54.0 Å². The van der Waals surface area contributed by atoms with E-state index in [4.69, 9.17) is 16.3 Å². The van der Waals surface area contributed by atoms with Gasteiger partial charge in [-0.15, -0.1) is 11.6 Å². The van der Waals surface area contributed by atoms with E-state index in [1.807, 2.05) is 33.8 Å². The third-order valence-corrected chi connectivity index (χ3v) is 10.7. The Labute approximate surface area is 202 Å². The molecule has 4 aliphatic rings. The van der Waals surface area contributed by atoms with Gasteiger partial charge in [0.25, 0.3) is 0 Å². The molecule has 3 unspecified atom stereocenters. The number of carbonyl (C=O) groups excluding carboxylic acids is 3. The lowest BCUT2D eigenvalue weighted by atomic mass is 9.44. The third-order valence-electron chi connectivity index (χ3n) is 9.76. The molecular weight excluding hydrogens is 440 g/mol. The maximum Gasteiger partial charge on any atom is 0.306 e. The number of halogens is 1. The third kappa shape index (κ3) is 2.97. The summed E-state index contributed by atoms with van der Waals surface area (Å²) in [7, 11) is 0. The van der Waals surface area contributed by atoms with E-state index < -0.39 is 27.4 Å². The first-order valence-corrected chi connectivity index (χ1v) is 12.7. The van der Waals surface area contributed by atoms with Gasteiger partial charge in [-0.2, -0.15) is 0 Å². The van der Waals surface area contributed by atoms with E-state index >= 15 is 0 Å². The Bertz CT molecular complexity index is 954. The highest BCUT2D eigenvalue weighted by molar-refractivity contribution is 6.26. The molecule has 6 heteroatoms. The lowest BCUT2D eigenvalue weighted by Crippen LogP contribution is -2.70. The SMILES string of the molecule is CCCC(=O)O[C@]1(C(C)=O)C(C)C[C@H]2[C@@H]3CC(C)C4=CC(=O)C=C[C@]4(C)[C@@]3(Cl)C(O)C[C@@]21C. The van der Waals surface area contributed by atoms with Crippen LogP contribution in [0.4, 0.5) is 0 Å². The van der Waals surface area contributed by atoms with E-state index in [2.05, 4.69) is 6.92 Å². The fraction of sp³-hybridized carbons (Fsp3) is 0.741. The van der Waals surface area contributed by atoms with Crippen LogP contribution in [-0.2, 0) is 19.1 Å². The van der Waals surface area contributed by atoms with Crippen molar-refractivity contribution in [2.24, 2.45) is 34.5 Å². The summed E-state index contributed by atoms with van der Waals surface area (Å²) < 4.78 is 6.11.